The highest BCUT2D eigenvalue weighted by molar-refractivity contribution is 5.32. The molecule has 0 atom stereocenters. The zero-order valence-electron chi connectivity index (χ0n) is 7.81. The van der Waals surface area contributed by atoms with Crippen LogP contribution in [0.25, 0.3) is 0 Å². The summed E-state index contributed by atoms with van der Waals surface area (Å²) in [6.45, 7) is 1.95. The van der Waals surface area contributed by atoms with Gasteiger partial charge in [-0.3, -0.25) is 9.78 Å². The summed E-state index contributed by atoms with van der Waals surface area (Å²) in [5.41, 5.74) is 1.35. The van der Waals surface area contributed by atoms with E-state index in [0.29, 0.717) is 0 Å². The van der Waals surface area contributed by atoms with Crippen LogP contribution in [-0.2, 0) is 11.2 Å². The molecule has 1 heterocycles. The van der Waals surface area contributed by atoms with Gasteiger partial charge in [-0.25, -0.2) is 0 Å². The lowest BCUT2D eigenvalue weighted by Crippen LogP contribution is -1.83. The fraction of sp³-hybridized carbons (Fsp3) is 0.400. The van der Waals surface area contributed by atoms with E-state index < -0.39 is 0 Å². The van der Waals surface area contributed by atoms with E-state index in [0.717, 1.165) is 0 Å². The zero-order valence-corrected chi connectivity index (χ0v) is 7.81. The van der Waals surface area contributed by atoms with E-state index in [1.807, 2.05) is 18.5 Å². The summed E-state index contributed by atoms with van der Waals surface area (Å²) < 4.78 is 0. The zero-order chi connectivity index (χ0) is 9.94. The van der Waals surface area contributed by atoms with Crippen molar-refractivity contribution in [3.8, 4) is 0 Å². The molecule has 3 heteroatoms. The number of rotatable bonds is 3. The highest BCUT2D eigenvalue weighted by Crippen LogP contribution is 2.01. The first-order valence-corrected chi connectivity index (χ1v) is 4.31. The van der Waals surface area contributed by atoms with Crippen molar-refractivity contribution in [1.29, 1.82) is 0 Å². The number of carbonyl (C=O) groups is 1. The second-order valence-electron chi connectivity index (χ2n) is 2.57. The molecular formula is C10H15NO2. The van der Waals surface area contributed by atoms with Gasteiger partial charge in [0.1, 0.15) is 0 Å². The molecule has 0 aliphatic carbocycles. The average molecular weight is 181 g/mol. The van der Waals surface area contributed by atoms with Gasteiger partial charge in [0.15, 0.2) is 0 Å². The SMILES string of the molecule is CCCCc1cccnc1.O=CO. The molecule has 0 aliphatic rings. The minimum atomic E-state index is -0.250. The van der Waals surface area contributed by atoms with Crippen LogP contribution >= 0.6 is 0 Å². The maximum atomic E-state index is 8.36. The Morgan fingerprint density at radius 1 is 1.62 bits per heavy atom. The lowest BCUT2D eigenvalue weighted by molar-refractivity contribution is -0.122. The highest BCUT2D eigenvalue weighted by Gasteiger charge is 1.88. The number of carboxylic acid groups (broad SMARTS) is 1. The van der Waals surface area contributed by atoms with Gasteiger partial charge in [-0.05, 0) is 24.5 Å². The first-order valence-electron chi connectivity index (χ1n) is 4.31. The van der Waals surface area contributed by atoms with Crippen LogP contribution in [0, 0.1) is 0 Å². The summed E-state index contributed by atoms with van der Waals surface area (Å²) >= 11 is 0. The molecule has 0 aliphatic heterocycles. The molecule has 0 aromatic carbocycles. The summed E-state index contributed by atoms with van der Waals surface area (Å²) in [7, 11) is 0. The normalized spacial score (nSPS) is 8.38. The summed E-state index contributed by atoms with van der Waals surface area (Å²) in [4.78, 5) is 12.4. The van der Waals surface area contributed by atoms with E-state index in [4.69, 9.17) is 9.90 Å². The molecule has 0 spiro atoms. The molecule has 1 rings (SSSR count). The van der Waals surface area contributed by atoms with E-state index in [9.17, 15) is 0 Å². The third-order valence-electron chi connectivity index (χ3n) is 1.54. The molecule has 0 saturated heterocycles. The third-order valence-corrected chi connectivity index (χ3v) is 1.54. The Kier molecular flexibility index (Phi) is 7.79. The van der Waals surface area contributed by atoms with Gasteiger partial charge in [0.25, 0.3) is 6.47 Å². The molecule has 0 fully saturated rings. The Hall–Kier alpha value is -1.38. The van der Waals surface area contributed by atoms with Crippen molar-refractivity contribution in [2.45, 2.75) is 26.2 Å². The minimum absolute atomic E-state index is 0.250. The van der Waals surface area contributed by atoms with Crippen molar-refractivity contribution in [3.05, 3.63) is 30.1 Å². The molecule has 0 bridgehead atoms. The van der Waals surface area contributed by atoms with Gasteiger partial charge in [0, 0.05) is 12.4 Å². The molecule has 1 N–H and O–H groups in total. The fourth-order valence-electron chi connectivity index (χ4n) is 0.927. The first kappa shape index (κ1) is 11.6. The lowest BCUT2D eigenvalue weighted by Gasteiger charge is -1.95. The lowest BCUT2D eigenvalue weighted by atomic mass is 10.1. The monoisotopic (exact) mass is 181 g/mol. The Balaban J connectivity index is 0.000000424. The van der Waals surface area contributed by atoms with Crippen LogP contribution in [-0.4, -0.2) is 16.6 Å². The Morgan fingerprint density at radius 3 is 2.77 bits per heavy atom. The molecule has 1 aromatic rings. The second-order valence-corrected chi connectivity index (χ2v) is 2.57. The van der Waals surface area contributed by atoms with Crippen molar-refractivity contribution >= 4 is 6.47 Å². The predicted octanol–water partition coefficient (Wildman–Crippen LogP) is 2.12. The van der Waals surface area contributed by atoms with Crippen LogP contribution in [0.15, 0.2) is 24.5 Å². The van der Waals surface area contributed by atoms with Crippen molar-refractivity contribution in [2.24, 2.45) is 0 Å². The molecule has 0 saturated carbocycles. The van der Waals surface area contributed by atoms with Crippen LogP contribution in [0.1, 0.15) is 25.3 Å². The molecule has 0 unspecified atom stereocenters. The molecule has 13 heavy (non-hydrogen) atoms. The Morgan fingerprint density at radius 2 is 2.31 bits per heavy atom. The number of nitrogens with zero attached hydrogens (tertiary/aromatic N) is 1. The number of hydrogen-bond donors (Lipinski definition) is 1. The first-order chi connectivity index (χ1) is 6.35. The summed E-state index contributed by atoms with van der Waals surface area (Å²) in [6.07, 6.45) is 7.45. The van der Waals surface area contributed by atoms with Gasteiger partial charge in [0.2, 0.25) is 0 Å². The summed E-state index contributed by atoms with van der Waals surface area (Å²) in [5.74, 6) is 0. The predicted molar refractivity (Wildman–Crippen MR) is 51.5 cm³/mol. The van der Waals surface area contributed by atoms with Crippen LogP contribution < -0.4 is 0 Å². The van der Waals surface area contributed by atoms with Crippen molar-refractivity contribution in [3.63, 3.8) is 0 Å². The van der Waals surface area contributed by atoms with Gasteiger partial charge >= 0.3 is 0 Å². The number of pyridine rings is 1. The topological polar surface area (TPSA) is 50.2 Å². The smallest absolute Gasteiger partial charge is 0.290 e. The highest BCUT2D eigenvalue weighted by atomic mass is 16.3. The van der Waals surface area contributed by atoms with E-state index in [1.165, 1.54) is 24.8 Å². The van der Waals surface area contributed by atoms with Crippen molar-refractivity contribution in [1.82, 2.24) is 4.98 Å². The summed E-state index contributed by atoms with van der Waals surface area (Å²) in [5, 5.41) is 6.89. The second kappa shape index (κ2) is 8.71. The van der Waals surface area contributed by atoms with Gasteiger partial charge in [-0.2, -0.15) is 0 Å². The van der Waals surface area contributed by atoms with Crippen LogP contribution in [0.3, 0.4) is 0 Å². The number of hydrogen-bond acceptors (Lipinski definition) is 2. The molecule has 72 valence electrons. The Bertz CT molecular complexity index is 211. The van der Waals surface area contributed by atoms with Crippen LogP contribution in [0.2, 0.25) is 0 Å². The van der Waals surface area contributed by atoms with Gasteiger partial charge in [-0.1, -0.05) is 19.4 Å². The fourth-order valence-corrected chi connectivity index (χ4v) is 0.927. The molecule has 0 radical (unpaired) electrons. The van der Waals surface area contributed by atoms with Crippen molar-refractivity contribution < 1.29 is 9.90 Å². The Labute approximate surface area is 78.4 Å². The maximum Gasteiger partial charge on any atom is 0.290 e. The van der Waals surface area contributed by atoms with Crippen LogP contribution in [0.4, 0.5) is 0 Å². The quantitative estimate of drug-likeness (QED) is 0.727. The largest absolute Gasteiger partial charge is 0.483 e. The number of aromatic nitrogens is 1. The van der Waals surface area contributed by atoms with Gasteiger partial charge in [0.05, 0.1) is 0 Å². The minimum Gasteiger partial charge on any atom is -0.483 e. The van der Waals surface area contributed by atoms with Gasteiger partial charge < -0.3 is 5.11 Å². The molecule has 3 nitrogen and oxygen atoms in total. The van der Waals surface area contributed by atoms with E-state index in [2.05, 4.69) is 18.0 Å². The van der Waals surface area contributed by atoms with Crippen LogP contribution in [0.5, 0.6) is 0 Å². The van der Waals surface area contributed by atoms with E-state index in [-0.39, 0.29) is 6.47 Å². The van der Waals surface area contributed by atoms with E-state index in [1.54, 1.807) is 0 Å². The molecule has 0 amide bonds. The molecular weight excluding hydrogens is 166 g/mol. The van der Waals surface area contributed by atoms with E-state index >= 15 is 0 Å². The number of aryl methyl sites for hydroxylation is 1. The third kappa shape index (κ3) is 7.00. The molecule has 1 aromatic heterocycles. The number of unbranched alkanes of at least 4 members (excludes halogenated alkanes) is 1. The van der Waals surface area contributed by atoms with Crippen molar-refractivity contribution in [2.75, 3.05) is 0 Å². The van der Waals surface area contributed by atoms with Gasteiger partial charge in [-0.15, -0.1) is 0 Å². The standard InChI is InChI=1S/C9H13N.CH2O2/c1-2-3-5-9-6-4-7-10-8-9;2-1-3/h4,6-8H,2-3,5H2,1H3;1H,(H,2,3). The average Bonchev–Trinajstić information content (AvgIpc) is 2.18. The summed E-state index contributed by atoms with van der Waals surface area (Å²) in [6, 6.07) is 4.12. The maximum absolute atomic E-state index is 8.36.